The molecule has 0 fully saturated rings. The summed E-state index contributed by atoms with van der Waals surface area (Å²) >= 11 is 5.66. The molecule has 0 spiro atoms. The van der Waals surface area contributed by atoms with Crippen molar-refractivity contribution in [2.75, 3.05) is 6.61 Å². The van der Waals surface area contributed by atoms with E-state index in [9.17, 15) is 5.11 Å². The molecule has 3 heteroatoms. The third-order valence-corrected chi connectivity index (χ3v) is 1.91. The highest BCUT2D eigenvalue weighted by Gasteiger charge is 2.05. The first-order chi connectivity index (χ1) is 5.74. The molecule has 1 rings (SSSR count). The number of hydrogen-bond donors (Lipinski definition) is 2. The summed E-state index contributed by atoms with van der Waals surface area (Å²) < 4.78 is 0. The standard InChI is InChI=1S/C9H11ClO2/c10-8-3-1-7(2-4-8)9(12)5-6-11/h1-4,9,11-12H,5-6H2. The van der Waals surface area contributed by atoms with Crippen LogP contribution in [0.3, 0.4) is 0 Å². The highest BCUT2D eigenvalue weighted by Crippen LogP contribution is 2.18. The number of halogens is 1. The minimum absolute atomic E-state index is 0.0101. The molecular weight excluding hydrogens is 176 g/mol. The molecular formula is C9H11ClO2. The van der Waals surface area contributed by atoms with Crippen LogP contribution in [-0.2, 0) is 0 Å². The first kappa shape index (κ1) is 9.52. The summed E-state index contributed by atoms with van der Waals surface area (Å²) in [5.74, 6) is 0. The van der Waals surface area contributed by atoms with Gasteiger partial charge in [0.15, 0.2) is 0 Å². The Morgan fingerprint density at radius 1 is 1.25 bits per heavy atom. The van der Waals surface area contributed by atoms with Crippen molar-refractivity contribution in [2.45, 2.75) is 12.5 Å². The zero-order chi connectivity index (χ0) is 8.97. The first-order valence-electron chi connectivity index (χ1n) is 3.78. The van der Waals surface area contributed by atoms with Crippen LogP contribution in [0.2, 0.25) is 5.02 Å². The minimum Gasteiger partial charge on any atom is -0.396 e. The predicted molar refractivity (Wildman–Crippen MR) is 48.1 cm³/mol. The fourth-order valence-electron chi connectivity index (χ4n) is 0.974. The number of hydrogen-bond acceptors (Lipinski definition) is 2. The normalized spacial score (nSPS) is 12.9. The Bertz CT molecular complexity index is 233. The third-order valence-electron chi connectivity index (χ3n) is 1.66. The zero-order valence-electron chi connectivity index (χ0n) is 6.57. The van der Waals surface area contributed by atoms with Gasteiger partial charge in [0, 0.05) is 18.1 Å². The second-order valence-corrected chi connectivity index (χ2v) is 3.02. The summed E-state index contributed by atoms with van der Waals surface area (Å²) in [6.45, 7) is -0.0101. The van der Waals surface area contributed by atoms with Crippen molar-refractivity contribution >= 4 is 11.6 Å². The van der Waals surface area contributed by atoms with Crippen molar-refractivity contribution in [1.29, 1.82) is 0 Å². The quantitative estimate of drug-likeness (QED) is 0.755. The largest absolute Gasteiger partial charge is 0.396 e. The smallest absolute Gasteiger partial charge is 0.0811 e. The van der Waals surface area contributed by atoms with Gasteiger partial charge in [-0.25, -0.2) is 0 Å². The van der Waals surface area contributed by atoms with E-state index in [0.29, 0.717) is 11.4 Å². The molecule has 0 heterocycles. The summed E-state index contributed by atoms with van der Waals surface area (Å²) in [6.07, 6.45) is -0.228. The van der Waals surface area contributed by atoms with E-state index in [-0.39, 0.29) is 6.61 Å². The van der Waals surface area contributed by atoms with Crippen molar-refractivity contribution in [1.82, 2.24) is 0 Å². The molecule has 0 radical (unpaired) electrons. The van der Waals surface area contributed by atoms with Crippen molar-refractivity contribution in [2.24, 2.45) is 0 Å². The molecule has 1 atom stereocenters. The van der Waals surface area contributed by atoms with E-state index in [1.165, 1.54) is 0 Å². The second-order valence-electron chi connectivity index (χ2n) is 2.58. The van der Waals surface area contributed by atoms with E-state index in [1.807, 2.05) is 0 Å². The summed E-state index contributed by atoms with van der Waals surface area (Å²) in [6, 6.07) is 6.94. The molecule has 2 N–H and O–H groups in total. The number of aliphatic hydroxyl groups excluding tert-OH is 2. The van der Waals surface area contributed by atoms with Gasteiger partial charge in [-0.1, -0.05) is 23.7 Å². The molecule has 2 nitrogen and oxygen atoms in total. The second kappa shape index (κ2) is 4.45. The molecule has 0 amide bonds. The van der Waals surface area contributed by atoms with Gasteiger partial charge in [-0.15, -0.1) is 0 Å². The van der Waals surface area contributed by atoms with Crippen molar-refractivity contribution in [3.8, 4) is 0 Å². The van der Waals surface area contributed by atoms with Gasteiger partial charge in [0.1, 0.15) is 0 Å². The average Bonchev–Trinajstić information content (AvgIpc) is 2.06. The van der Waals surface area contributed by atoms with Gasteiger partial charge in [0.2, 0.25) is 0 Å². The molecule has 0 aliphatic carbocycles. The van der Waals surface area contributed by atoms with Crippen LogP contribution in [0.15, 0.2) is 24.3 Å². The minimum atomic E-state index is -0.590. The lowest BCUT2D eigenvalue weighted by molar-refractivity contribution is 0.134. The van der Waals surface area contributed by atoms with Crippen LogP contribution in [0.5, 0.6) is 0 Å². The van der Waals surface area contributed by atoms with E-state index >= 15 is 0 Å². The molecule has 1 aromatic carbocycles. The van der Waals surface area contributed by atoms with Gasteiger partial charge in [-0.05, 0) is 17.7 Å². The Balaban J connectivity index is 2.68. The SMILES string of the molecule is OCCC(O)c1ccc(Cl)cc1. The Morgan fingerprint density at radius 3 is 2.33 bits per heavy atom. The predicted octanol–water partition coefficient (Wildman–Crippen LogP) is 1.76. The third kappa shape index (κ3) is 2.48. The lowest BCUT2D eigenvalue weighted by Crippen LogP contribution is -1.99. The van der Waals surface area contributed by atoms with Crippen molar-refractivity contribution < 1.29 is 10.2 Å². The highest BCUT2D eigenvalue weighted by atomic mass is 35.5. The molecule has 66 valence electrons. The molecule has 0 bridgehead atoms. The molecule has 0 aliphatic rings. The summed E-state index contributed by atoms with van der Waals surface area (Å²) in [5.41, 5.74) is 0.786. The van der Waals surface area contributed by atoms with Gasteiger partial charge < -0.3 is 10.2 Å². The number of benzene rings is 1. The summed E-state index contributed by atoms with van der Waals surface area (Å²) in [5, 5.41) is 18.6. The Hall–Kier alpha value is -0.570. The molecule has 1 unspecified atom stereocenters. The maximum absolute atomic E-state index is 9.41. The lowest BCUT2D eigenvalue weighted by Gasteiger charge is -2.08. The molecule has 1 aromatic rings. The number of rotatable bonds is 3. The van der Waals surface area contributed by atoms with Crippen molar-refractivity contribution in [3.63, 3.8) is 0 Å². The van der Waals surface area contributed by atoms with E-state index in [4.69, 9.17) is 16.7 Å². The molecule has 0 aliphatic heterocycles. The van der Waals surface area contributed by atoms with Crippen molar-refractivity contribution in [3.05, 3.63) is 34.9 Å². The van der Waals surface area contributed by atoms with Crippen LogP contribution in [-0.4, -0.2) is 16.8 Å². The van der Waals surface area contributed by atoms with E-state index in [0.717, 1.165) is 5.56 Å². The maximum Gasteiger partial charge on any atom is 0.0811 e. The zero-order valence-corrected chi connectivity index (χ0v) is 7.33. The fraction of sp³-hybridized carbons (Fsp3) is 0.333. The topological polar surface area (TPSA) is 40.5 Å². The van der Waals surface area contributed by atoms with E-state index in [1.54, 1.807) is 24.3 Å². The Labute approximate surface area is 76.4 Å². The van der Waals surface area contributed by atoms with Gasteiger partial charge in [-0.3, -0.25) is 0 Å². The monoisotopic (exact) mass is 186 g/mol. The van der Waals surface area contributed by atoms with Crippen LogP contribution in [0.4, 0.5) is 0 Å². The summed E-state index contributed by atoms with van der Waals surface area (Å²) in [4.78, 5) is 0. The van der Waals surface area contributed by atoms with Gasteiger partial charge in [0.05, 0.1) is 6.10 Å². The molecule has 12 heavy (non-hydrogen) atoms. The average molecular weight is 187 g/mol. The van der Waals surface area contributed by atoms with Crippen LogP contribution < -0.4 is 0 Å². The van der Waals surface area contributed by atoms with Crippen LogP contribution in [0.25, 0.3) is 0 Å². The molecule has 0 saturated carbocycles. The van der Waals surface area contributed by atoms with Crippen LogP contribution >= 0.6 is 11.6 Å². The lowest BCUT2D eigenvalue weighted by atomic mass is 10.1. The molecule has 0 aromatic heterocycles. The summed E-state index contributed by atoms with van der Waals surface area (Å²) in [7, 11) is 0. The maximum atomic E-state index is 9.41. The number of aliphatic hydroxyl groups is 2. The van der Waals surface area contributed by atoms with E-state index < -0.39 is 6.10 Å². The van der Waals surface area contributed by atoms with E-state index in [2.05, 4.69) is 0 Å². The van der Waals surface area contributed by atoms with Crippen LogP contribution in [0.1, 0.15) is 18.1 Å². The van der Waals surface area contributed by atoms with Gasteiger partial charge >= 0.3 is 0 Å². The fourth-order valence-corrected chi connectivity index (χ4v) is 1.10. The Morgan fingerprint density at radius 2 is 1.83 bits per heavy atom. The molecule has 0 saturated heterocycles. The Kier molecular flexibility index (Phi) is 3.53. The van der Waals surface area contributed by atoms with Gasteiger partial charge in [-0.2, -0.15) is 0 Å². The first-order valence-corrected chi connectivity index (χ1v) is 4.16. The highest BCUT2D eigenvalue weighted by molar-refractivity contribution is 6.30. The van der Waals surface area contributed by atoms with Crippen LogP contribution in [0, 0.1) is 0 Å². The van der Waals surface area contributed by atoms with Gasteiger partial charge in [0.25, 0.3) is 0 Å².